The first-order valence-corrected chi connectivity index (χ1v) is 10.2. The van der Waals surface area contributed by atoms with Crippen molar-refractivity contribution >= 4 is 34.5 Å². The Morgan fingerprint density at radius 1 is 1.24 bits per heavy atom. The van der Waals surface area contributed by atoms with Crippen LogP contribution in [0.1, 0.15) is 11.4 Å². The molecule has 0 radical (unpaired) electrons. The number of anilines is 2. The number of aromatic nitrogens is 1. The van der Waals surface area contributed by atoms with Gasteiger partial charge in [-0.1, -0.05) is 18.2 Å². The van der Waals surface area contributed by atoms with Gasteiger partial charge < -0.3 is 15.0 Å². The van der Waals surface area contributed by atoms with Crippen molar-refractivity contribution in [1.29, 1.82) is 0 Å². The van der Waals surface area contributed by atoms with Crippen LogP contribution >= 0.6 is 11.3 Å². The number of rotatable bonds is 5. The second kappa shape index (κ2) is 8.05. The van der Waals surface area contributed by atoms with Crippen LogP contribution in [0.3, 0.4) is 0 Å². The van der Waals surface area contributed by atoms with Crippen molar-refractivity contribution in [2.45, 2.75) is 13.3 Å². The molecule has 1 N–H and O–H groups in total. The van der Waals surface area contributed by atoms with Gasteiger partial charge in [0.05, 0.1) is 23.7 Å². The molecule has 1 unspecified atom stereocenters. The van der Waals surface area contributed by atoms with E-state index < -0.39 is 5.92 Å². The summed E-state index contributed by atoms with van der Waals surface area (Å²) in [5, 5.41) is 5.94. The van der Waals surface area contributed by atoms with Gasteiger partial charge in [-0.15, -0.1) is 11.3 Å². The van der Waals surface area contributed by atoms with Crippen molar-refractivity contribution in [2.75, 3.05) is 23.9 Å². The Bertz CT molecular complexity index is 1060. The van der Waals surface area contributed by atoms with Gasteiger partial charge in [-0.25, -0.2) is 4.98 Å². The van der Waals surface area contributed by atoms with Crippen LogP contribution in [0, 0.1) is 12.8 Å². The molecule has 1 aromatic heterocycles. The molecule has 1 saturated heterocycles. The number of hydrogen-bond acceptors (Lipinski definition) is 5. The minimum absolute atomic E-state index is 0.0647. The van der Waals surface area contributed by atoms with E-state index >= 15 is 0 Å². The average molecular weight is 407 g/mol. The number of thiazole rings is 1. The highest BCUT2D eigenvalue weighted by molar-refractivity contribution is 7.09. The van der Waals surface area contributed by atoms with E-state index in [4.69, 9.17) is 4.74 Å². The van der Waals surface area contributed by atoms with Gasteiger partial charge in [-0.2, -0.15) is 0 Å². The highest BCUT2D eigenvalue weighted by Crippen LogP contribution is 2.29. The molecule has 4 rings (SSSR count). The summed E-state index contributed by atoms with van der Waals surface area (Å²) < 4.78 is 5.23. The van der Waals surface area contributed by atoms with E-state index in [1.165, 1.54) is 0 Å². The van der Waals surface area contributed by atoms with Crippen molar-refractivity contribution < 1.29 is 14.3 Å². The molecule has 0 aliphatic carbocycles. The Kier molecular flexibility index (Phi) is 5.31. The normalized spacial score (nSPS) is 16.1. The predicted octanol–water partition coefficient (Wildman–Crippen LogP) is 4.12. The monoisotopic (exact) mass is 407 g/mol. The zero-order chi connectivity index (χ0) is 20.4. The van der Waals surface area contributed by atoms with Gasteiger partial charge in [0, 0.05) is 41.4 Å². The van der Waals surface area contributed by atoms with Crippen LogP contribution in [0.4, 0.5) is 11.4 Å². The maximum Gasteiger partial charge on any atom is 0.229 e. The molecule has 1 atom stereocenters. The van der Waals surface area contributed by atoms with E-state index in [2.05, 4.69) is 10.3 Å². The fourth-order valence-electron chi connectivity index (χ4n) is 3.41. The molecule has 6 nitrogen and oxygen atoms in total. The van der Waals surface area contributed by atoms with Crippen molar-refractivity contribution in [3.8, 4) is 17.0 Å². The van der Waals surface area contributed by atoms with Gasteiger partial charge in [0.1, 0.15) is 5.75 Å². The minimum atomic E-state index is -0.404. The van der Waals surface area contributed by atoms with Gasteiger partial charge in [0.15, 0.2) is 0 Å². The van der Waals surface area contributed by atoms with Gasteiger partial charge in [-0.3, -0.25) is 9.59 Å². The molecular weight excluding hydrogens is 386 g/mol. The summed E-state index contributed by atoms with van der Waals surface area (Å²) >= 11 is 1.59. The first-order valence-electron chi connectivity index (χ1n) is 9.31. The summed E-state index contributed by atoms with van der Waals surface area (Å²) in [5.41, 5.74) is 3.28. The zero-order valence-electron chi connectivity index (χ0n) is 16.2. The largest absolute Gasteiger partial charge is 0.497 e. The first kappa shape index (κ1) is 19.1. The Morgan fingerprint density at radius 2 is 2.07 bits per heavy atom. The smallest absolute Gasteiger partial charge is 0.229 e. The number of nitrogens with zero attached hydrogens (tertiary/aromatic N) is 2. The number of ether oxygens (including phenoxy) is 1. The lowest BCUT2D eigenvalue weighted by Gasteiger charge is -2.17. The van der Waals surface area contributed by atoms with E-state index in [0.29, 0.717) is 18.0 Å². The summed E-state index contributed by atoms with van der Waals surface area (Å²) in [5.74, 6) is 0.0524. The standard InChI is InChI=1S/C22H21N3O3S/c1-14-23-20(13-29-14)15-5-3-6-17(9-15)24-22(27)16-10-21(26)25(12-16)18-7-4-8-19(11-18)28-2/h3-9,11,13,16H,10,12H2,1-2H3,(H,24,27). The molecule has 2 aromatic carbocycles. The van der Waals surface area contributed by atoms with Gasteiger partial charge in [0.2, 0.25) is 11.8 Å². The van der Waals surface area contributed by atoms with E-state index in [-0.39, 0.29) is 18.2 Å². The van der Waals surface area contributed by atoms with Gasteiger partial charge in [-0.05, 0) is 31.2 Å². The summed E-state index contributed by atoms with van der Waals surface area (Å²) in [6.07, 6.45) is 0.189. The minimum Gasteiger partial charge on any atom is -0.497 e. The van der Waals surface area contributed by atoms with Crippen LogP contribution in [0.25, 0.3) is 11.3 Å². The number of benzene rings is 2. The van der Waals surface area contributed by atoms with E-state index in [1.807, 2.05) is 54.8 Å². The summed E-state index contributed by atoms with van der Waals surface area (Å²) in [7, 11) is 1.59. The maximum absolute atomic E-state index is 12.8. The fraction of sp³-hybridized carbons (Fsp3) is 0.227. The summed E-state index contributed by atoms with van der Waals surface area (Å²) in [6.45, 7) is 2.31. The lowest BCUT2D eigenvalue weighted by atomic mass is 10.1. The second-order valence-electron chi connectivity index (χ2n) is 6.93. The third-order valence-electron chi connectivity index (χ3n) is 4.91. The number of amides is 2. The molecule has 148 valence electrons. The number of carbonyl (C=O) groups is 2. The molecule has 29 heavy (non-hydrogen) atoms. The highest BCUT2D eigenvalue weighted by atomic mass is 32.1. The van der Waals surface area contributed by atoms with Crippen LogP contribution in [-0.4, -0.2) is 30.5 Å². The van der Waals surface area contributed by atoms with E-state index in [1.54, 1.807) is 29.4 Å². The molecule has 1 aliphatic rings. The Hall–Kier alpha value is -3.19. The lowest BCUT2D eigenvalue weighted by Crippen LogP contribution is -2.28. The first-order chi connectivity index (χ1) is 14.0. The SMILES string of the molecule is COc1cccc(N2CC(C(=O)Nc3cccc(-c4csc(C)n4)c3)CC2=O)c1. The Balaban J connectivity index is 1.46. The van der Waals surface area contributed by atoms with Crippen molar-refractivity contribution in [2.24, 2.45) is 5.92 Å². The molecule has 0 saturated carbocycles. The topological polar surface area (TPSA) is 71.5 Å². The summed E-state index contributed by atoms with van der Waals surface area (Å²) in [6, 6.07) is 14.9. The maximum atomic E-state index is 12.8. The molecule has 2 amide bonds. The van der Waals surface area contributed by atoms with Crippen molar-refractivity contribution in [3.05, 3.63) is 58.9 Å². The highest BCUT2D eigenvalue weighted by Gasteiger charge is 2.35. The number of methoxy groups -OCH3 is 1. The third-order valence-corrected chi connectivity index (χ3v) is 5.68. The van der Waals surface area contributed by atoms with Crippen molar-refractivity contribution in [1.82, 2.24) is 4.98 Å². The molecule has 1 fully saturated rings. The number of aryl methyl sites for hydroxylation is 1. The number of hydrogen-bond donors (Lipinski definition) is 1. The second-order valence-corrected chi connectivity index (χ2v) is 7.99. The zero-order valence-corrected chi connectivity index (χ0v) is 17.0. The van der Waals surface area contributed by atoms with Crippen LogP contribution in [0.2, 0.25) is 0 Å². The van der Waals surface area contributed by atoms with Crippen LogP contribution in [0.15, 0.2) is 53.9 Å². The number of nitrogens with one attached hydrogen (secondary N) is 1. The van der Waals surface area contributed by atoms with Gasteiger partial charge >= 0.3 is 0 Å². The molecule has 0 bridgehead atoms. The molecule has 7 heteroatoms. The van der Waals surface area contributed by atoms with E-state index in [0.717, 1.165) is 22.0 Å². The lowest BCUT2D eigenvalue weighted by molar-refractivity contribution is -0.122. The molecule has 0 spiro atoms. The quantitative estimate of drug-likeness (QED) is 0.691. The van der Waals surface area contributed by atoms with E-state index in [9.17, 15) is 9.59 Å². The van der Waals surface area contributed by atoms with Gasteiger partial charge in [0.25, 0.3) is 0 Å². The number of carbonyl (C=O) groups excluding carboxylic acids is 2. The Labute approximate surface area is 173 Å². The average Bonchev–Trinajstić information content (AvgIpc) is 3.34. The fourth-order valence-corrected chi connectivity index (χ4v) is 4.03. The molecule has 3 aromatic rings. The molecule has 2 heterocycles. The summed E-state index contributed by atoms with van der Waals surface area (Å²) in [4.78, 5) is 31.4. The van der Waals surface area contributed by atoms with Crippen LogP contribution in [-0.2, 0) is 9.59 Å². The molecule has 1 aliphatic heterocycles. The Morgan fingerprint density at radius 3 is 2.83 bits per heavy atom. The molecular formula is C22H21N3O3S. The predicted molar refractivity (Wildman–Crippen MR) is 114 cm³/mol. The van der Waals surface area contributed by atoms with Crippen LogP contribution < -0.4 is 15.0 Å². The third kappa shape index (κ3) is 4.14. The van der Waals surface area contributed by atoms with Crippen molar-refractivity contribution in [3.63, 3.8) is 0 Å². The van der Waals surface area contributed by atoms with Crippen LogP contribution in [0.5, 0.6) is 5.75 Å².